The van der Waals surface area contributed by atoms with Crippen LogP contribution >= 0.6 is 23.2 Å². The van der Waals surface area contributed by atoms with Crippen LogP contribution in [0.1, 0.15) is 19.4 Å². The first-order valence-corrected chi connectivity index (χ1v) is 6.18. The molecule has 0 heterocycles. The molecule has 4 heteroatoms. The molecule has 0 saturated carbocycles. The van der Waals surface area contributed by atoms with Crippen molar-refractivity contribution in [2.24, 2.45) is 5.73 Å². The molecule has 0 saturated heterocycles. The Morgan fingerprint density at radius 1 is 1.25 bits per heavy atom. The second-order valence-corrected chi connectivity index (χ2v) is 4.92. The summed E-state index contributed by atoms with van der Waals surface area (Å²) in [5.41, 5.74) is 6.75. The van der Waals surface area contributed by atoms with Crippen LogP contribution in [0.3, 0.4) is 0 Å². The molecule has 0 aliphatic rings. The maximum absolute atomic E-state index is 5.98. The monoisotopic (exact) mass is 260 g/mol. The summed E-state index contributed by atoms with van der Waals surface area (Å²) >= 11 is 11.9. The minimum absolute atomic E-state index is 0.470. The Balaban J connectivity index is 2.73. The van der Waals surface area contributed by atoms with Crippen molar-refractivity contribution >= 4 is 23.2 Å². The molecule has 0 aromatic heterocycles. The number of benzene rings is 1. The first kappa shape index (κ1) is 13.8. The summed E-state index contributed by atoms with van der Waals surface area (Å²) in [6, 6.07) is 6.22. The molecule has 0 unspecified atom stereocenters. The maximum Gasteiger partial charge on any atom is 0.0595 e. The van der Waals surface area contributed by atoms with E-state index in [1.165, 1.54) is 0 Å². The quantitative estimate of drug-likeness (QED) is 0.882. The average Bonchev–Trinajstić information content (AvgIpc) is 2.22. The molecule has 0 fully saturated rings. The van der Waals surface area contributed by atoms with Crippen LogP contribution in [-0.4, -0.2) is 24.0 Å². The standard InChI is InChI=1S/C12H18Cl2N2/c1-9(2)16(6-5-15)8-10-3-4-11(13)12(14)7-10/h3-4,7,9H,5-6,8,15H2,1-2H3. The van der Waals surface area contributed by atoms with E-state index in [-0.39, 0.29) is 0 Å². The van der Waals surface area contributed by atoms with Crippen LogP contribution in [0, 0.1) is 0 Å². The lowest BCUT2D eigenvalue weighted by Gasteiger charge is -2.25. The van der Waals surface area contributed by atoms with Crippen molar-refractivity contribution in [3.8, 4) is 0 Å². The van der Waals surface area contributed by atoms with Gasteiger partial charge in [0.15, 0.2) is 0 Å². The molecule has 0 spiro atoms. The molecule has 0 aliphatic heterocycles. The van der Waals surface area contributed by atoms with Crippen molar-refractivity contribution in [2.75, 3.05) is 13.1 Å². The van der Waals surface area contributed by atoms with Crippen LogP contribution in [0.4, 0.5) is 0 Å². The van der Waals surface area contributed by atoms with Crippen molar-refractivity contribution in [3.05, 3.63) is 33.8 Å². The number of nitrogens with zero attached hydrogens (tertiary/aromatic N) is 1. The third kappa shape index (κ3) is 3.95. The number of nitrogens with two attached hydrogens (primary N) is 1. The van der Waals surface area contributed by atoms with Gasteiger partial charge in [-0.1, -0.05) is 29.3 Å². The van der Waals surface area contributed by atoms with E-state index in [1.807, 2.05) is 18.2 Å². The minimum Gasteiger partial charge on any atom is -0.329 e. The van der Waals surface area contributed by atoms with Gasteiger partial charge in [-0.25, -0.2) is 0 Å². The van der Waals surface area contributed by atoms with E-state index < -0.39 is 0 Å². The Kier molecular flexibility index (Phi) is 5.56. The lowest BCUT2D eigenvalue weighted by molar-refractivity contribution is 0.219. The molecule has 1 rings (SSSR count). The van der Waals surface area contributed by atoms with E-state index in [0.29, 0.717) is 22.6 Å². The van der Waals surface area contributed by atoms with Gasteiger partial charge in [0.1, 0.15) is 0 Å². The highest BCUT2D eigenvalue weighted by molar-refractivity contribution is 6.42. The summed E-state index contributed by atoms with van der Waals surface area (Å²) in [7, 11) is 0. The highest BCUT2D eigenvalue weighted by atomic mass is 35.5. The van der Waals surface area contributed by atoms with E-state index in [9.17, 15) is 0 Å². The Morgan fingerprint density at radius 3 is 2.44 bits per heavy atom. The van der Waals surface area contributed by atoms with Crippen molar-refractivity contribution in [2.45, 2.75) is 26.4 Å². The molecule has 90 valence electrons. The predicted octanol–water partition coefficient (Wildman–Crippen LogP) is 3.16. The first-order chi connectivity index (χ1) is 7.54. The molecular weight excluding hydrogens is 243 g/mol. The SMILES string of the molecule is CC(C)N(CCN)Cc1ccc(Cl)c(Cl)c1. The van der Waals surface area contributed by atoms with Gasteiger partial charge in [-0.05, 0) is 31.5 Å². The van der Waals surface area contributed by atoms with Crippen LogP contribution in [0.25, 0.3) is 0 Å². The van der Waals surface area contributed by atoms with Gasteiger partial charge in [-0.2, -0.15) is 0 Å². The zero-order valence-electron chi connectivity index (χ0n) is 9.71. The van der Waals surface area contributed by atoms with E-state index in [1.54, 1.807) is 0 Å². The molecule has 0 bridgehead atoms. The number of rotatable bonds is 5. The smallest absolute Gasteiger partial charge is 0.0595 e. The fraction of sp³-hybridized carbons (Fsp3) is 0.500. The van der Waals surface area contributed by atoms with Crippen LogP contribution in [-0.2, 0) is 6.54 Å². The highest BCUT2D eigenvalue weighted by Gasteiger charge is 2.09. The number of hydrogen-bond acceptors (Lipinski definition) is 2. The van der Waals surface area contributed by atoms with Gasteiger partial charge in [-0.3, -0.25) is 4.90 Å². The van der Waals surface area contributed by atoms with Gasteiger partial charge in [0.05, 0.1) is 10.0 Å². The van der Waals surface area contributed by atoms with Gasteiger partial charge < -0.3 is 5.73 Å². The van der Waals surface area contributed by atoms with Gasteiger partial charge in [0.2, 0.25) is 0 Å². The largest absolute Gasteiger partial charge is 0.329 e. The van der Waals surface area contributed by atoms with Gasteiger partial charge >= 0.3 is 0 Å². The summed E-state index contributed by atoms with van der Waals surface area (Å²) in [4.78, 5) is 2.31. The topological polar surface area (TPSA) is 29.3 Å². The fourth-order valence-electron chi connectivity index (χ4n) is 1.56. The van der Waals surface area contributed by atoms with Crippen LogP contribution in [0.15, 0.2) is 18.2 Å². The molecule has 1 aromatic rings. The molecular formula is C12H18Cl2N2. The van der Waals surface area contributed by atoms with E-state index in [0.717, 1.165) is 18.7 Å². The molecule has 0 aliphatic carbocycles. The fourth-order valence-corrected chi connectivity index (χ4v) is 1.88. The third-order valence-corrected chi connectivity index (χ3v) is 3.26. The molecule has 0 atom stereocenters. The second-order valence-electron chi connectivity index (χ2n) is 4.10. The molecule has 1 aromatic carbocycles. The molecule has 2 nitrogen and oxygen atoms in total. The second kappa shape index (κ2) is 6.45. The predicted molar refractivity (Wildman–Crippen MR) is 71.1 cm³/mol. The van der Waals surface area contributed by atoms with Crippen molar-refractivity contribution in [1.29, 1.82) is 0 Å². The number of hydrogen-bond donors (Lipinski definition) is 1. The van der Waals surface area contributed by atoms with E-state index in [2.05, 4.69) is 18.7 Å². The van der Waals surface area contributed by atoms with Crippen molar-refractivity contribution < 1.29 is 0 Å². The Hall–Kier alpha value is -0.280. The van der Waals surface area contributed by atoms with Crippen LogP contribution in [0.5, 0.6) is 0 Å². The highest BCUT2D eigenvalue weighted by Crippen LogP contribution is 2.23. The van der Waals surface area contributed by atoms with Crippen molar-refractivity contribution in [1.82, 2.24) is 4.90 Å². The molecule has 0 radical (unpaired) electrons. The molecule has 0 amide bonds. The maximum atomic E-state index is 5.98. The summed E-state index contributed by atoms with van der Waals surface area (Å²) < 4.78 is 0. The zero-order chi connectivity index (χ0) is 12.1. The Bertz CT molecular complexity index is 340. The normalized spacial score (nSPS) is 11.4. The third-order valence-electron chi connectivity index (χ3n) is 2.52. The van der Waals surface area contributed by atoms with Crippen LogP contribution in [0.2, 0.25) is 10.0 Å². The van der Waals surface area contributed by atoms with Gasteiger partial charge in [0, 0.05) is 25.7 Å². The number of halogens is 2. The first-order valence-electron chi connectivity index (χ1n) is 5.42. The van der Waals surface area contributed by atoms with Crippen molar-refractivity contribution in [3.63, 3.8) is 0 Å². The summed E-state index contributed by atoms with van der Waals surface area (Å²) in [6.45, 7) is 6.73. The Morgan fingerprint density at radius 2 is 1.94 bits per heavy atom. The van der Waals surface area contributed by atoms with Gasteiger partial charge in [0.25, 0.3) is 0 Å². The average molecular weight is 261 g/mol. The van der Waals surface area contributed by atoms with E-state index >= 15 is 0 Å². The summed E-state index contributed by atoms with van der Waals surface area (Å²) in [6.07, 6.45) is 0. The van der Waals surface area contributed by atoms with E-state index in [4.69, 9.17) is 28.9 Å². The molecule has 16 heavy (non-hydrogen) atoms. The lowest BCUT2D eigenvalue weighted by Crippen LogP contribution is -2.34. The lowest BCUT2D eigenvalue weighted by atomic mass is 10.2. The zero-order valence-corrected chi connectivity index (χ0v) is 11.2. The minimum atomic E-state index is 0.470. The van der Waals surface area contributed by atoms with Crippen LogP contribution < -0.4 is 5.73 Å². The summed E-state index contributed by atoms with van der Waals surface area (Å²) in [5, 5.41) is 1.20. The Labute approximate surface area is 107 Å². The molecule has 2 N–H and O–H groups in total. The van der Waals surface area contributed by atoms with Gasteiger partial charge in [-0.15, -0.1) is 0 Å². The summed E-state index contributed by atoms with van der Waals surface area (Å²) in [5.74, 6) is 0.